The second-order valence-corrected chi connectivity index (χ2v) is 10.6. The van der Waals surface area contributed by atoms with Crippen molar-refractivity contribution in [2.24, 2.45) is 0 Å². The molecule has 1 aromatic heterocycles. The number of likely N-dealkylation sites (tertiary alicyclic amines) is 1. The molecule has 0 radical (unpaired) electrons. The van der Waals surface area contributed by atoms with Gasteiger partial charge < -0.3 is 15.0 Å². The van der Waals surface area contributed by atoms with Gasteiger partial charge in [0.1, 0.15) is 18.2 Å². The fourth-order valence-corrected chi connectivity index (χ4v) is 5.80. The van der Waals surface area contributed by atoms with E-state index >= 15 is 0 Å². The van der Waals surface area contributed by atoms with Crippen LogP contribution in [0, 0.1) is 5.82 Å². The molecule has 10 heteroatoms. The average molecular weight is 553 g/mol. The van der Waals surface area contributed by atoms with Crippen molar-refractivity contribution in [3.8, 4) is 0 Å². The van der Waals surface area contributed by atoms with E-state index in [4.69, 9.17) is 27.9 Å². The Bertz CT molecular complexity index is 1070. The highest BCUT2D eigenvalue weighted by Gasteiger charge is 2.34. The van der Waals surface area contributed by atoms with Crippen LogP contribution in [0.1, 0.15) is 44.2 Å². The average Bonchev–Trinajstić information content (AvgIpc) is 2.89. The predicted octanol–water partition coefficient (Wildman–Crippen LogP) is 5.34. The molecule has 0 aliphatic carbocycles. The number of hydrogen-bond donors (Lipinski definition) is 1. The summed E-state index contributed by atoms with van der Waals surface area (Å²) < 4.78 is 19.4. The van der Waals surface area contributed by atoms with Gasteiger partial charge in [-0.15, -0.1) is 0 Å². The molecule has 2 aliphatic rings. The Morgan fingerprint density at radius 2 is 1.95 bits per heavy atom. The van der Waals surface area contributed by atoms with Crippen LogP contribution in [0.15, 0.2) is 30.5 Å². The van der Waals surface area contributed by atoms with E-state index in [2.05, 4.69) is 31.9 Å². The van der Waals surface area contributed by atoms with Crippen molar-refractivity contribution in [1.82, 2.24) is 20.1 Å². The molecule has 37 heavy (non-hydrogen) atoms. The molecule has 0 bridgehead atoms. The summed E-state index contributed by atoms with van der Waals surface area (Å²) in [5.41, 5.74) is 1.46. The molecule has 7 nitrogen and oxygen atoms in total. The lowest BCUT2D eigenvalue weighted by Crippen LogP contribution is -2.58. The smallest absolute Gasteiger partial charge is 0.407 e. The number of aromatic nitrogens is 1. The van der Waals surface area contributed by atoms with E-state index in [1.807, 2.05) is 13.0 Å². The lowest BCUT2D eigenvalue weighted by Gasteiger charge is -2.47. The van der Waals surface area contributed by atoms with E-state index in [-0.39, 0.29) is 12.4 Å². The topological polar surface area (TPSA) is 60.9 Å². The Balaban J connectivity index is 1.30. The fourth-order valence-electron chi connectivity index (χ4n) is 5.33. The normalized spacial score (nSPS) is 19.7. The summed E-state index contributed by atoms with van der Waals surface area (Å²) in [7, 11) is 0. The number of halogens is 3. The third-order valence-electron chi connectivity index (χ3n) is 7.30. The minimum atomic E-state index is -0.451. The highest BCUT2D eigenvalue weighted by Crippen LogP contribution is 2.30. The van der Waals surface area contributed by atoms with Crippen LogP contribution in [0.3, 0.4) is 0 Å². The van der Waals surface area contributed by atoms with E-state index in [0.717, 1.165) is 63.4 Å². The number of hydrogen-bond acceptors (Lipinski definition) is 6. The number of nitrogens with one attached hydrogen (secondary N) is 1. The van der Waals surface area contributed by atoms with Gasteiger partial charge in [0.15, 0.2) is 0 Å². The number of piperazine rings is 1. The quantitative estimate of drug-likeness (QED) is 0.477. The molecule has 1 N–H and O–H groups in total. The summed E-state index contributed by atoms with van der Waals surface area (Å²) >= 11 is 12.5. The Morgan fingerprint density at radius 1 is 1.16 bits per heavy atom. The third-order valence-corrected chi connectivity index (χ3v) is 7.82. The summed E-state index contributed by atoms with van der Waals surface area (Å²) in [5.74, 6) is 0.549. The van der Waals surface area contributed by atoms with Crippen LogP contribution in [-0.2, 0) is 17.9 Å². The summed E-state index contributed by atoms with van der Waals surface area (Å²) in [4.78, 5) is 23.4. The number of pyridine rings is 1. The van der Waals surface area contributed by atoms with Gasteiger partial charge in [-0.25, -0.2) is 14.2 Å². The van der Waals surface area contributed by atoms with Gasteiger partial charge in [-0.05, 0) is 57.5 Å². The monoisotopic (exact) mass is 551 g/mol. The van der Waals surface area contributed by atoms with E-state index in [1.54, 1.807) is 18.3 Å². The summed E-state index contributed by atoms with van der Waals surface area (Å²) in [6.45, 7) is 9.93. The highest BCUT2D eigenvalue weighted by atomic mass is 35.5. The van der Waals surface area contributed by atoms with Gasteiger partial charge in [0.25, 0.3) is 0 Å². The number of carbonyl (C=O) groups excluding carboxylic acids is 1. The Kier molecular flexibility index (Phi) is 9.87. The molecule has 1 amide bonds. The lowest BCUT2D eigenvalue weighted by molar-refractivity contribution is 0.0607. The van der Waals surface area contributed by atoms with Crippen LogP contribution in [0.5, 0.6) is 0 Å². The first-order valence-electron chi connectivity index (χ1n) is 13.1. The zero-order valence-corrected chi connectivity index (χ0v) is 23.1. The molecule has 3 heterocycles. The summed E-state index contributed by atoms with van der Waals surface area (Å²) in [5, 5.41) is 3.61. The molecular formula is C27H36Cl2FN5O2. The maximum absolute atomic E-state index is 14.2. The zero-order valence-electron chi connectivity index (χ0n) is 21.6. The first kappa shape index (κ1) is 27.9. The molecule has 202 valence electrons. The van der Waals surface area contributed by atoms with Gasteiger partial charge in [-0.1, -0.05) is 36.2 Å². The second-order valence-electron chi connectivity index (χ2n) is 9.74. The van der Waals surface area contributed by atoms with E-state index in [1.165, 1.54) is 6.07 Å². The Morgan fingerprint density at radius 3 is 2.62 bits per heavy atom. The predicted molar refractivity (Wildman–Crippen MR) is 146 cm³/mol. The van der Waals surface area contributed by atoms with Crippen LogP contribution < -0.4 is 10.2 Å². The minimum absolute atomic E-state index is 0.132. The standard InChI is InChI=1S/C27H36Cl2FN5O2/c1-3-22-17-34(26-24(29)13-19(15-32-26)18-37-27(36)31-4-2)11-12-35(22)23-7-9-33(10-8-23)16-20-5-6-21(28)14-25(20)30/h5-6,13-15,22-23H,3-4,7-12,16-18H2,1-2H3,(H,31,36)/t22-/m0/s1. The first-order chi connectivity index (χ1) is 17.9. The highest BCUT2D eigenvalue weighted by molar-refractivity contribution is 6.33. The number of carbonyl (C=O) groups is 1. The van der Waals surface area contributed by atoms with Crippen LogP contribution in [0.25, 0.3) is 0 Å². The van der Waals surface area contributed by atoms with Crippen molar-refractivity contribution < 1.29 is 13.9 Å². The van der Waals surface area contributed by atoms with Crippen molar-refractivity contribution >= 4 is 35.1 Å². The molecular weight excluding hydrogens is 516 g/mol. The third kappa shape index (κ3) is 7.25. The summed E-state index contributed by atoms with van der Waals surface area (Å²) in [6.07, 6.45) is 4.47. The van der Waals surface area contributed by atoms with Gasteiger partial charge in [0.2, 0.25) is 0 Å². The van der Waals surface area contributed by atoms with Crippen molar-refractivity contribution in [3.05, 3.63) is 57.5 Å². The van der Waals surface area contributed by atoms with Crippen LogP contribution in [-0.4, -0.2) is 72.2 Å². The number of amides is 1. The number of alkyl carbamates (subject to hydrolysis) is 1. The molecule has 2 aliphatic heterocycles. The number of ether oxygens (including phenoxy) is 1. The Labute approximate surface area is 228 Å². The van der Waals surface area contributed by atoms with Crippen molar-refractivity contribution in [2.45, 2.75) is 58.3 Å². The first-order valence-corrected chi connectivity index (χ1v) is 13.9. The van der Waals surface area contributed by atoms with Gasteiger partial charge in [0.05, 0.1) is 5.02 Å². The van der Waals surface area contributed by atoms with Crippen LogP contribution in [0.2, 0.25) is 10.0 Å². The zero-order chi connectivity index (χ0) is 26.4. The molecule has 1 aromatic carbocycles. The van der Waals surface area contributed by atoms with Crippen LogP contribution in [0.4, 0.5) is 15.0 Å². The lowest BCUT2D eigenvalue weighted by atomic mass is 9.97. The maximum Gasteiger partial charge on any atom is 0.407 e. The number of nitrogens with zero attached hydrogens (tertiary/aromatic N) is 4. The van der Waals surface area contributed by atoms with Crippen molar-refractivity contribution in [2.75, 3.05) is 44.2 Å². The molecule has 0 spiro atoms. The largest absolute Gasteiger partial charge is 0.445 e. The van der Waals surface area contributed by atoms with Crippen molar-refractivity contribution in [3.63, 3.8) is 0 Å². The van der Waals surface area contributed by atoms with E-state index < -0.39 is 6.09 Å². The Hall–Kier alpha value is -2.13. The van der Waals surface area contributed by atoms with E-state index in [0.29, 0.717) is 40.8 Å². The number of anilines is 1. The number of rotatable bonds is 8. The van der Waals surface area contributed by atoms with Gasteiger partial charge in [-0.2, -0.15) is 0 Å². The number of benzene rings is 1. The van der Waals surface area contributed by atoms with Gasteiger partial charge in [-0.3, -0.25) is 9.80 Å². The molecule has 4 rings (SSSR count). The molecule has 0 saturated carbocycles. The second kappa shape index (κ2) is 13.1. The summed E-state index contributed by atoms with van der Waals surface area (Å²) in [6, 6.07) is 7.71. The van der Waals surface area contributed by atoms with Crippen molar-refractivity contribution in [1.29, 1.82) is 0 Å². The van der Waals surface area contributed by atoms with E-state index in [9.17, 15) is 9.18 Å². The molecule has 0 unspecified atom stereocenters. The molecule has 2 fully saturated rings. The van der Waals surface area contributed by atoms with Crippen LogP contribution >= 0.6 is 23.2 Å². The molecule has 2 saturated heterocycles. The minimum Gasteiger partial charge on any atom is -0.445 e. The maximum atomic E-state index is 14.2. The molecule has 2 aromatic rings. The number of piperidine rings is 1. The van der Waals surface area contributed by atoms with Gasteiger partial charge in [0, 0.05) is 67.2 Å². The SMILES string of the molecule is CCNC(=O)OCc1cnc(N2CCN(C3CCN(Cc4ccc(Cl)cc4F)CC3)[C@@H](CC)C2)c(Cl)c1. The molecule has 1 atom stereocenters. The van der Waals surface area contributed by atoms with Gasteiger partial charge >= 0.3 is 6.09 Å². The fraction of sp³-hybridized carbons (Fsp3) is 0.556.